The molecule has 0 spiro atoms. The van der Waals surface area contributed by atoms with E-state index < -0.39 is 0 Å². The molecule has 1 heterocycles. The quantitative estimate of drug-likeness (QED) is 0.852. The molecule has 0 aliphatic carbocycles. The second-order valence-electron chi connectivity index (χ2n) is 3.50. The molecule has 0 saturated carbocycles. The molecule has 1 aromatic heterocycles. The highest BCUT2D eigenvalue weighted by atomic mass is 79.9. The Morgan fingerprint density at radius 3 is 2.88 bits per heavy atom. The molecule has 1 aromatic carbocycles. The number of hydrogen-bond acceptors (Lipinski definition) is 4. The Kier molecular flexibility index (Phi) is 3.67. The van der Waals surface area contributed by atoms with Gasteiger partial charge in [-0.15, -0.1) is 11.3 Å². The van der Waals surface area contributed by atoms with E-state index in [-0.39, 0.29) is 0 Å². The molecule has 0 radical (unpaired) electrons. The Hall–Kier alpha value is -1.51. The molecule has 0 atom stereocenters. The van der Waals surface area contributed by atoms with Crippen LogP contribution in [0.1, 0.15) is 10.4 Å². The molecular formula is C12H10BrN3S. The third-order valence-corrected chi connectivity index (χ3v) is 3.94. The summed E-state index contributed by atoms with van der Waals surface area (Å²) in [4.78, 5) is 1.21. The highest BCUT2D eigenvalue weighted by molar-refractivity contribution is 9.10. The minimum atomic E-state index is 0.570. The lowest BCUT2D eigenvalue weighted by Gasteiger charge is -2.07. The van der Waals surface area contributed by atoms with E-state index in [0.717, 1.165) is 10.2 Å². The third kappa shape index (κ3) is 2.99. The van der Waals surface area contributed by atoms with Gasteiger partial charge in [0.25, 0.3) is 0 Å². The zero-order chi connectivity index (χ0) is 12.3. The Morgan fingerprint density at radius 2 is 2.24 bits per heavy atom. The van der Waals surface area contributed by atoms with E-state index >= 15 is 0 Å². The Morgan fingerprint density at radius 1 is 1.41 bits per heavy atom. The minimum Gasteiger partial charge on any atom is -0.399 e. The van der Waals surface area contributed by atoms with Gasteiger partial charge in [-0.3, -0.25) is 0 Å². The minimum absolute atomic E-state index is 0.570. The smallest absolute Gasteiger partial charge is 0.101 e. The lowest BCUT2D eigenvalue weighted by molar-refractivity contribution is 1.19. The zero-order valence-corrected chi connectivity index (χ0v) is 11.3. The fraction of sp³-hybridized carbons (Fsp3) is 0.0833. The van der Waals surface area contributed by atoms with E-state index in [2.05, 4.69) is 33.4 Å². The Labute approximate surface area is 112 Å². The van der Waals surface area contributed by atoms with Crippen LogP contribution in [0.25, 0.3) is 0 Å². The van der Waals surface area contributed by atoms with E-state index in [1.54, 1.807) is 23.5 Å². The fourth-order valence-electron chi connectivity index (χ4n) is 1.44. The maximum atomic E-state index is 8.99. The lowest BCUT2D eigenvalue weighted by atomic mass is 10.1. The molecule has 3 N–H and O–H groups in total. The first-order chi connectivity index (χ1) is 8.19. The second kappa shape index (κ2) is 5.21. The number of nitrogens with one attached hydrogen (secondary N) is 1. The number of nitrogens with zero attached hydrogens (tertiary/aromatic N) is 1. The second-order valence-corrected chi connectivity index (χ2v) is 5.41. The molecule has 5 heteroatoms. The van der Waals surface area contributed by atoms with Gasteiger partial charge in [0.15, 0.2) is 0 Å². The molecule has 86 valence electrons. The first-order valence-electron chi connectivity index (χ1n) is 4.95. The number of anilines is 2. The molecule has 0 fully saturated rings. The first kappa shape index (κ1) is 12.0. The average Bonchev–Trinajstić information content (AvgIpc) is 2.73. The van der Waals surface area contributed by atoms with Gasteiger partial charge in [0.2, 0.25) is 0 Å². The summed E-state index contributed by atoms with van der Waals surface area (Å²) >= 11 is 5.08. The van der Waals surface area contributed by atoms with Crippen LogP contribution in [0, 0.1) is 11.3 Å². The van der Waals surface area contributed by atoms with Gasteiger partial charge >= 0.3 is 0 Å². The van der Waals surface area contributed by atoms with Crippen molar-refractivity contribution in [2.75, 3.05) is 11.1 Å². The van der Waals surface area contributed by atoms with Crippen LogP contribution in [0.15, 0.2) is 34.1 Å². The van der Waals surface area contributed by atoms with Gasteiger partial charge in [-0.05, 0) is 40.2 Å². The molecular weight excluding hydrogens is 298 g/mol. The van der Waals surface area contributed by atoms with Gasteiger partial charge in [0.05, 0.1) is 11.3 Å². The summed E-state index contributed by atoms with van der Waals surface area (Å²) in [6, 6.07) is 9.47. The Bertz CT molecular complexity index is 571. The number of rotatable bonds is 3. The number of hydrogen-bond donors (Lipinski definition) is 2. The number of thiophene rings is 1. The van der Waals surface area contributed by atoms with Gasteiger partial charge in [0.1, 0.15) is 6.07 Å². The van der Waals surface area contributed by atoms with E-state index in [1.807, 2.05) is 11.4 Å². The van der Waals surface area contributed by atoms with Crippen molar-refractivity contribution < 1.29 is 0 Å². The SMILES string of the molecule is N#Cc1cc(N)ccc1NCc1cc(Br)cs1. The summed E-state index contributed by atoms with van der Waals surface area (Å²) in [6.45, 7) is 0.703. The molecule has 17 heavy (non-hydrogen) atoms. The molecule has 0 bridgehead atoms. The molecule has 0 saturated heterocycles. The van der Waals surface area contributed by atoms with E-state index in [9.17, 15) is 0 Å². The number of nitriles is 1. The Balaban J connectivity index is 2.12. The maximum Gasteiger partial charge on any atom is 0.101 e. The molecule has 3 nitrogen and oxygen atoms in total. The normalized spacial score (nSPS) is 9.88. The van der Waals surface area contributed by atoms with Crippen LogP contribution in [-0.2, 0) is 6.54 Å². The van der Waals surface area contributed by atoms with Crippen molar-refractivity contribution in [3.05, 3.63) is 44.6 Å². The van der Waals surface area contributed by atoms with Crippen molar-refractivity contribution in [2.45, 2.75) is 6.54 Å². The van der Waals surface area contributed by atoms with Crippen molar-refractivity contribution in [1.82, 2.24) is 0 Å². The van der Waals surface area contributed by atoms with Gasteiger partial charge in [0, 0.05) is 27.0 Å². The van der Waals surface area contributed by atoms with Gasteiger partial charge < -0.3 is 11.1 Å². The van der Waals surface area contributed by atoms with E-state index in [4.69, 9.17) is 11.0 Å². The topological polar surface area (TPSA) is 61.8 Å². The van der Waals surface area contributed by atoms with Gasteiger partial charge in [-0.25, -0.2) is 0 Å². The lowest BCUT2D eigenvalue weighted by Crippen LogP contribution is -2.00. The number of halogens is 1. The fourth-order valence-corrected chi connectivity index (χ4v) is 2.83. The van der Waals surface area contributed by atoms with Crippen LogP contribution in [0.2, 0.25) is 0 Å². The van der Waals surface area contributed by atoms with Crippen molar-refractivity contribution in [3.8, 4) is 6.07 Å². The molecule has 0 aliphatic heterocycles. The summed E-state index contributed by atoms with van der Waals surface area (Å²) in [5.41, 5.74) is 7.61. The standard InChI is InChI=1S/C12H10BrN3S/c13-9-4-11(17-7-9)6-16-12-2-1-10(15)3-8(12)5-14/h1-4,7,16H,6,15H2. The highest BCUT2D eigenvalue weighted by Gasteiger charge is 2.03. The number of benzene rings is 1. The largest absolute Gasteiger partial charge is 0.399 e. The van der Waals surface area contributed by atoms with Crippen LogP contribution in [0.4, 0.5) is 11.4 Å². The number of nitrogens with two attached hydrogens (primary N) is 1. The molecule has 0 unspecified atom stereocenters. The monoisotopic (exact) mass is 307 g/mol. The molecule has 0 amide bonds. The van der Waals surface area contributed by atoms with Gasteiger partial charge in [-0.1, -0.05) is 0 Å². The highest BCUT2D eigenvalue weighted by Crippen LogP contribution is 2.22. The van der Waals surface area contributed by atoms with Gasteiger partial charge in [-0.2, -0.15) is 5.26 Å². The molecule has 2 rings (SSSR count). The third-order valence-electron chi connectivity index (χ3n) is 2.24. The summed E-state index contributed by atoms with van der Waals surface area (Å²) in [5.74, 6) is 0. The summed E-state index contributed by atoms with van der Waals surface area (Å²) in [6.07, 6.45) is 0. The van der Waals surface area contributed by atoms with Crippen LogP contribution >= 0.6 is 27.3 Å². The van der Waals surface area contributed by atoms with Crippen LogP contribution in [-0.4, -0.2) is 0 Å². The van der Waals surface area contributed by atoms with Crippen molar-refractivity contribution in [2.24, 2.45) is 0 Å². The van der Waals surface area contributed by atoms with Crippen molar-refractivity contribution in [3.63, 3.8) is 0 Å². The summed E-state index contributed by atoms with van der Waals surface area (Å²) in [5, 5.41) is 14.3. The molecule has 0 aliphatic rings. The van der Waals surface area contributed by atoms with Crippen LogP contribution in [0.3, 0.4) is 0 Å². The van der Waals surface area contributed by atoms with E-state index in [1.165, 1.54) is 4.88 Å². The predicted octanol–water partition coefficient (Wildman–Crippen LogP) is 3.58. The van der Waals surface area contributed by atoms with Crippen molar-refractivity contribution in [1.29, 1.82) is 5.26 Å². The average molecular weight is 308 g/mol. The van der Waals surface area contributed by atoms with Crippen LogP contribution < -0.4 is 11.1 Å². The summed E-state index contributed by atoms with van der Waals surface area (Å²) < 4.78 is 1.08. The van der Waals surface area contributed by atoms with Crippen molar-refractivity contribution >= 4 is 38.6 Å². The zero-order valence-electron chi connectivity index (χ0n) is 8.90. The predicted molar refractivity (Wildman–Crippen MR) is 74.9 cm³/mol. The van der Waals surface area contributed by atoms with Crippen LogP contribution in [0.5, 0.6) is 0 Å². The van der Waals surface area contributed by atoms with E-state index in [0.29, 0.717) is 17.8 Å². The first-order valence-corrected chi connectivity index (χ1v) is 6.62. The molecule has 2 aromatic rings. The maximum absolute atomic E-state index is 8.99. The summed E-state index contributed by atoms with van der Waals surface area (Å²) in [7, 11) is 0. The number of nitrogen functional groups attached to an aromatic ring is 1.